The molecule has 1 heterocycles. The molecule has 1 saturated heterocycles. The van der Waals surface area contributed by atoms with Crippen molar-refractivity contribution in [1.82, 2.24) is 5.32 Å². The molecule has 6 heteroatoms. The van der Waals surface area contributed by atoms with Gasteiger partial charge in [-0.25, -0.2) is 8.78 Å². The smallest absolute Gasteiger partial charge is 0.248 e. The highest BCUT2D eigenvalue weighted by molar-refractivity contribution is 6.30. The summed E-state index contributed by atoms with van der Waals surface area (Å²) in [5, 5.41) is 3.38. The Kier molecular flexibility index (Phi) is 4.53. The molecule has 1 unspecified atom stereocenters. The molecule has 0 radical (unpaired) electrons. The van der Waals surface area contributed by atoms with Crippen molar-refractivity contribution in [3.05, 3.63) is 58.6 Å². The lowest BCUT2D eigenvalue weighted by molar-refractivity contribution is -0.128. The lowest BCUT2D eigenvalue weighted by atomic mass is 9.75. The van der Waals surface area contributed by atoms with Gasteiger partial charge < -0.3 is 5.32 Å². The number of Topliss-reactive ketones (excluding diaryl/α,β-unsaturated/α-hetero) is 1. The second-order valence-corrected chi connectivity index (χ2v) is 8.24. The number of hydrogen-bond donors (Lipinski definition) is 1. The van der Waals surface area contributed by atoms with E-state index in [1.807, 2.05) is 37.3 Å². The standard InChI is InChI=1S/C22H20ClF2NO2/c1-13-2-3-15(14-4-6-16(23)7-5-14)12-17(13)18-19(27)21(26-20(18)28)8-10-22(24,25)11-9-21/h2-7,12,18H,8-11H2,1H3,(H,26,28). The van der Waals surface area contributed by atoms with Crippen molar-refractivity contribution in [2.75, 3.05) is 0 Å². The molecule has 3 nitrogen and oxygen atoms in total. The largest absolute Gasteiger partial charge is 0.343 e. The first kappa shape index (κ1) is 19.1. The Hall–Kier alpha value is -2.27. The molecule has 1 N–H and O–H groups in total. The van der Waals surface area contributed by atoms with Gasteiger partial charge in [0, 0.05) is 17.9 Å². The van der Waals surface area contributed by atoms with E-state index in [0.717, 1.165) is 16.7 Å². The van der Waals surface area contributed by atoms with Crippen LogP contribution in [0.4, 0.5) is 8.78 Å². The number of hydrogen-bond acceptors (Lipinski definition) is 2. The van der Waals surface area contributed by atoms with Crippen LogP contribution in [0.5, 0.6) is 0 Å². The molecule has 1 amide bonds. The summed E-state index contributed by atoms with van der Waals surface area (Å²) in [7, 11) is 0. The topological polar surface area (TPSA) is 46.2 Å². The van der Waals surface area contributed by atoms with Gasteiger partial charge in [-0.05, 0) is 60.2 Å². The predicted octanol–water partition coefficient (Wildman–Crippen LogP) is 5.05. The van der Waals surface area contributed by atoms with Gasteiger partial charge in [-0.2, -0.15) is 0 Å². The summed E-state index contributed by atoms with van der Waals surface area (Å²) in [5.74, 6) is -4.41. The van der Waals surface area contributed by atoms with E-state index in [1.54, 1.807) is 12.1 Å². The molecule has 2 aliphatic rings. The number of halogens is 3. The van der Waals surface area contributed by atoms with E-state index in [9.17, 15) is 18.4 Å². The van der Waals surface area contributed by atoms with Crippen LogP contribution in [0.15, 0.2) is 42.5 Å². The molecule has 0 aromatic heterocycles. The SMILES string of the molecule is Cc1ccc(-c2ccc(Cl)cc2)cc1C1C(=O)NC2(CCC(F)(F)CC2)C1=O. The molecule has 0 bridgehead atoms. The lowest BCUT2D eigenvalue weighted by Crippen LogP contribution is -2.51. The van der Waals surface area contributed by atoms with Gasteiger partial charge >= 0.3 is 0 Å². The fourth-order valence-electron chi connectivity index (χ4n) is 4.23. The summed E-state index contributed by atoms with van der Waals surface area (Å²) >= 11 is 5.95. The number of carbonyl (C=O) groups is 2. The summed E-state index contributed by atoms with van der Waals surface area (Å²) in [5.41, 5.74) is 2.08. The van der Waals surface area contributed by atoms with Gasteiger partial charge in [-0.15, -0.1) is 0 Å². The van der Waals surface area contributed by atoms with E-state index in [0.29, 0.717) is 10.6 Å². The Morgan fingerprint density at radius 2 is 1.57 bits per heavy atom. The minimum atomic E-state index is -2.77. The Bertz CT molecular complexity index is 946. The van der Waals surface area contributed by atoms with Crippen molar-refractivity contribution in [2.24, 2.45) is 0 Å². The van der Waals surface area contributed by atoms with Crippen molar-refractivity contribution >= 4 is 23.3 Å². The van der Waals surface area contributed by atoms with Gasteiger partial charge in [0.25, 0.3) is 0 Å². The van der Waals surface area contributed by atoms with Gasteiger partial charge in [-0.3, -0.25) is 9.59 Å². The van der Waals surface area contributed by atoms with Gasteiger partial charge in [0.15, 0.2) is 5.78 Å². The Balaban J connectivity index is 1.69. The van der Waals surface area contributed by atoms with E-state index in [4.69, 9.17) is 11.6 Å². The maximum atomic E-state index is 13.6. The van der Waals surface area contributed by atoms with Gasteiger partial charge in [0.2, 0.25) is 11.8 Å². The number of amides is 1. The highest BCUT2D eigenvalue weighted by Gasteiger charge is 2.56. The van der Waals surface area contributed by atoms with Crippen LogP contribution in [-0.2, 0) is 9.59 Å². The second-order valence-electron chi connectivity index (χ2n) is 7.80. The van der Waals surface area contributed by atoms with Crippen molar-refractivity contribution < 1.29 is 18.4 Å². The highest BCUT2D eigenvalue weighted by Crippen LogP contribution is 2.45. The van der Waals surface area contributed by atoms with Crippen LogP contribution in [0, 0.1) is 6.92 Å². The Morgan fingerprint density at radius 3 is 2.21 bits per heavy atom. The summed E-state index contributed by atoms with van der Waals surface area (Å²) in [6.07, 6.45) is -0.793. The summed E-state index contributed by atoms with van der Waals surface area (Å²) in [6, 6.07) is 12.9. The lowest BCUT2D eigenvalue weighted by Gasteiger charge is -2.35. The van der Waals surface area contributed by atoms with Crippen molar-refractivity contribution in [1.29, 1.82) is 0 Å². The van der Waals surface area contributed by atoms with E-state index >= 15 is 0 Å². The van der Waals surface area contributed by atoms with Crippen molar-refractivity contribution in [3.8, 4) is 11.1 Å². The zero-order valence-electron chi connectivity index (χ0n) is 15.4. The third-order valence-corrected chi connectivity index (χ3v) is 6.21. The molecule has 4 rings (SSSR count). The highest BCUT2D eigenvalue weighted by atomic mass is 35.5. The normalized spacial score (nSPS) is 23.1. The molecule has 28 heavy (non-hydrogen) atoms. The molecule has 146 valence electrons. The quantitative estimate of drug-likeness (QED) is 0.713. The molecule has 1 atom stereocenters. The summed E-state index contributed by atoms with van der Waals surface area (Å²) in [6.45, 7) is 1.85. The zero-order valence-corrected chi connectivity index (χ0v) is 16.2. The monoisotopic (exact) mass is 403 g/mol. The minimum absolute atomic E-state index is 0.0169. The van der Waals surface area contributed by atoms with E-state index in [-0.39, 0.29) is 31.5 Å². The molecule has 2 aromatic carbocycles. The number of nitrogens with one attached hydrogen (secondary N) is 1. The van der Waals surface area contributed by atoms with Gasteiger partial charge in [-0.1, -0.05) is 35.9 Å². The van der Waals surface area contributed by atoms with E-state index < -0.39 is 23.3 Å². The number of carbonyl (C=O) groups excluding carboxylic acids is 2. The summed E-state index contributed by atoms with van der Waals surface area (Å²) in [4.78, 5) is 25.9. The molecule has 2 fully saturated rings. The zero-order chi connectivity index (χ0) is 20.1. The molecule has 1 aliphatic heterocycles. The average molecular weight is 404 g/mol. The van der Waals surface area contributed by atoms with Crippen LogP contribution >= 0.6 is 11.6 Å². The number of rotatable bonds is 2. The van der Waals surface area contributed by atoms with Crippen LogP contribution in [0.2, 0.25) is 5.02 Å². The first-order valence-electron chi connectivity index (χ1n) is 9.31. The maximum Gasteiger partial charge on any atom is 0.248 e. The average Bonchev–Trinajstić information content (AvgIpc) is 2.90. The molecule has 1 saturated carbocycles. The maximum absolute atomic E-state index is 13.6. The molecule has 1 spiro atoms. The fourth-order valence-corrected chi connectivity index (χ4v) is 4.36. The fraction of sp³-hybridized carbons (Fsp3) is 0.364. The molecule has 2 aromatic rings. The molecule has 1 aliphatic carbocycles. The third-order valence-electron chi connectivity index (χ3n) is 5.96. The number of ketones is 1. The predicted molar refractivity (Wildman–Crippen MR) is 104 cm³/mol. The van der Waals surface area contributed by atoms with Gasteiger partial charge in [0.05, 0.1) is 0 Å². The van der Waals surface area contributed by atoms with Gasteiger partial charge in [0.1, 0.15) is 11.5 Å². The van der Waals surface area contributed by atoms with Crippen LogP contribution < -0.4 is 5.32 Å². The third kappa shape index (κ3) is 3.22. The van der Waals surface area contributed by atoms with Crippen molar-refractivity contribution in [3.63, 3.8) is 0 Å². The van der Waals surface area contributed by atoms with E-state index in [1.165, 1.54) is 0 Å². The molecular formula is C22H20ClF2NO2. The van der Waals surface area contributed by atoms with Crippen LogP contribution in [0.1, 0.15) is 42.7 Å². The Labute approximate surface area is 167 Å². The minimum Gasteiger partial charge on any atom is -0.343 e. The number of benzene rings is 2. The number of alkyl halides is 2. The van der Waals surface area contributed by atoms with Crippen LogP contribution in [-0.4, -0.2) is 23.2 Å². The van der Waals surface area contributed by atoms with Crippen molar-refractivity contribution in [2.45, 2.75) is 50.0 Å². The first-order chi connectivity index (χ1) is 13.2. The first-order valence-corrected chi connectivity index (χ1v) is 9.69. The number of aryl methyl sites for hydroxylation is 1. The molecular weight excluding hydrogens is 384 g/mol. The Morgan fingerprint density at radius 1 is 0.964 bits per heavy atom. The summed E-state index contributed by atoms with van der Waals surface area (Å²) < 4.78 is 27.2. The van der Waals surface area contributed by atoms with Crippen LogP contribution in [0.25, 0.3) is 11.1 Å². The van der Waals surface area contributed by atoms with E-state index in [2.05, 4.69) is 5.32 Å². The van der Waals surface area contributed by atoms with Crippen LogP contribution in [0.3, 0.4) is 0 Å². The second kappa shape index (κ2) is 6.66.